The number of ether oxygens (including phenoxy) is 1. The minimum absolute atomic E-state index is 0.00402. The number of fused-ring (bicyclic) bond motifs is 5. The van der Waals surface area contributed by atoms with Crippen LogP contribution in [-0.2, 0) is 25.5 Å². The number of benzene rings is 2. The molecule has 1 spiro atoms. The van der Waals surface area contributed by atoms with Gasteiger partial charge in [0, 0.05) is 22.3 Å². The number of imide groups is 1. The minimum atomic E-state index is -4.53. The molecule has 8 aliphatic rings. The summed E-state index contributed by atoms with van der Waals surface area (Å²) in [5.74, 6) is 2.99. The molecule has 8 atom stereocenters. The summed E-state index contributed by atoms with van der Waals surface area (Å²) in [6.45, 7) is 3.00. The fourth-order valence-electron chi connectivity index (χ4n) is 14.3. The maximum absolute atomic E-state index is 14.7. The molecule has 3 heterocycles. The van der Waals surface area contributed by atoms with Crippen LogP contribution < -0.4 is 5.32 Å². The van der Waals surface area contributed by atoms with Gasteiger partial charge in [-0.15, -0.1) is 0 Å². The van der Waals surface area contributed by atoms with Crippen molar-refractivity contribution in [1.29, 1.82) is 0 Å². The van der Waals surface area contributed by atoms with Gasteiger partial charge in [-0.2, -0.15) is 0 Å². The zero-order chi connectivity index (χ0) is 48.0. The first kappa shape index (κ1) is 49.9. The number of allylic oxidation sites excluding steroid dienone is 3. The third-order valence-corrected chi connectivity index (χ3v) is 24.4. The van der Waals surface area contributed by atoms with Gasteiger partial charge in [0.1, 0.15) is 0 Å². The van der Waals surface area contributed by atoms with E-state index in [0.717, 1.165) is 59.1 Å². The number of unbranched alkanes of at least 4 members (excludes halogenated alkanes) is 1. The average molecular weight is 1170 g/mol. The van der Waals surface area contributed by atoms with Gasteiger partial charge in [-0.05, 0) is 48.6 Å². The molecular weight excluding hydrogens is 1100 g/mol. The summed E-state index contributed by atoms with van der Waals surface area (Å²) in [6.07, 6.45) is 20.2. The second kappa shape index (κ2) is 21.1. The summed E-state index contributed by atoms with van der Waals surface area (Å²) in [4.78, 5) is 52.5. The van der Waals surface area contributed by atoms with E-state index < -0.39 is 42.9 Å². The van der Waals surface area contributed by atoms with Gasteiger partial charge >= 0.3 is 264 Å². The standard InChI is InChI=1S/C58H70F3I2NO5/c1-35-8-4-16-45(35)52(40-12-5-13-40)43-15-6-14-42(30-43)47-32-50-48(58(59,60)61)28-38(33-63(50)55(47)67)34-69-27-7-10-37-19-17-36(18-20-37)9-2-3-11-39(24-26-62)41-21-22-46-44(29-41)31-49-53(54(46)66)57(49)25-23-51(65)64-56(57)68/h6,14-15,21-22,28-30,32-33,35-37,39-40,45,47,49,52-53H,2-5,7-13,16-20,23-27,31,34H2,1H3,(H,64,65,68)/t35?,36?,37?,39?,45?,47?,49?,52-,53?,57?/m1/s1. The molecule has 0 aromatic heterocycles. The van der Waals surface area contributed by atoms with Gasteiger partial charge in [0.15, 0.2) is 5.78 Å². The van der Waals surface area contributed by atoms with Gasteiger partial charge in [-0.3, -0.25) is 19.7 Å². The van der Waals surface area contributed by atoms with Crippen LogP contribution in [0.3, 0.4) is 0 Å². The molecule has 5 aliphatic carbocycles. The number of alkyl halides is 4. The van der Waals surface area contributed by atoms with E-state index in [9.17, 15) is 32.3 Å². The number of Topliss-reactive ketones (excluding diaryl/α,β-unsaturated/α-hetero) is 1. The van der Waals surface area contributed by atoms with Crippen molar-refractivity contribution in [3.63, 3.8) is 0 Å². The van der Waals surface area contributed by atoms with Crippen LogP contribution in [0.25, 0.3) is 0 Å². The van der Waals surface area contributed by atoms with E-state index in [4.69, 9.17) is 4.74 Å². The van der Waals surface area contributed by atoms with Crippen molar-refractivity contribution in [2.24, 2.45) is 46.8 Å². The Morgan fingerprint density at radius 3 is 2.35 bits per heavy atom. The number of nitrogens with one attached hydrogen (secondary N) is 1. The zero-order valence-corrected chi connectivity index (χ0v) is 44.6. The van der Waals surface area contributed by atoms with E-state index in [2.05, 4.69) is 59.1 Å². The van der Waals surface area contributed by atoms with Crippen molar-refractivity contribution in [1.82, 2.24) is 5.32 Å². The molecule has 2 amide bonds. The van der Waals surface area contributed by atoms with E-state index in [-0.39, 0.29) is 43.4 Å². The van der Waals surface area contributed by atoms with Crippen molar-refractivity contribution >= 4 is 63.8 Å². The van der Waals surface area contributed by atoms with E-state index in [1.54, 1.807) is 6.08 Å². The monoisotopic (exact) mass is 1170 g/mol. The molecule has 0 bridgehead atoms. The SMILES string of the molecule is CC1CCCC1[C@@H](c1cccc(C2C=C3C(C(F)(F)F)=CC(COCCCC4CCC(CCCCC(CCI)c5ccc6c(c5)CC5C(C6=O)C56CCC(=O)NC6=O)CC4)=CI3C2=O)c1)C1CCC1. The quantitative estimate of drug-likeness (QED) is 0.0528. The van der Waals surface area contributed by atoms with Crippen LogP contribution in [0.15, 0.2) is 73.4 Å². The number of rotatable bonds is 18. The molecule has 4 saturated carbocycles. The fourth-order valence-corrected chi connectivity index (χ4v) is 20.5. The van der Waals surface area contributed by atoms with Gasteiger partial charge in [-0.25, -0.2) is 0 Å². The first-order chi connectivity index (χ1) is 33.3. The Morgan fingerprint density at radius 2 is 1.65 bits per heavy atom. The first-order valence-electron chi connectivity index (χ1n) is 26.5. The van der Waals surface area contributed by atoms with Crippen LogP contribution >= 0.6 is 42.4 Å². The van der Waals surface area contributed by atoms with Crippen LogP contribution in [0.5, 0.6) is 0 Å². The predicted octanol–water partition coefficient (Wildman–Crippen LogP) is 14.6. The van der Waals surface area contributed by atoms with Crippen LogP contribution in [0, 0.1) is 46.8 Å². The van der Waals surface area contributed by atoms with Crippen molar-refractivity contribution in [2.75, 3.05) is 17.6 Å². The molecule has 69 heavy (non-hydrogen) atoms. The number of ketones is 1. The third kappa shape index (κ3) is 10.2. The molecule has 2 aromatic carbocycles. The van der Waals surface area contributed by atoms with Gasteiger partial charge in [0.2, 0.25) is 11.8 Å². The Morgan fingerprint density at radius 1 is 0.884 bits per heavy atom. The van der Waals surface area contributed by atoms with Crippen LogP contribution in [0.4, 0.5) is 13.2 Å². The Balaban J connectivity index is 0.658. The second-order valence-corrected chi connectivity index (χ2v) is 28.0. The van der Waals surface area contributed by atoms with Crippen LogP contribution in [-0.4, -0.2) is 45.2 Å². The number of carbonyl (C=O) groups excluding carboxylic acids is 4. The van der Waals surface area contributed by atoms with E-state index in [1.165, 1.54) is 101 Å². The third-order valence-electron chi connectivity index (χ3n) is 18.4. The number of halogens is 5. The summed E-state index contributed by atoms with van der Waals surface area (Å²) in [5, 5.41) is 2.51. The normalized spacial score (nSPS) is 31.3. The molecule has 5 fully saturated rings. The Hall–Kier alpha value is -2.65. The maximum atomic E-state index is 14.7. The van der Waals surface area contributed by atoms with Crippen molar-refractivity contribution in [2.45, 2.75) is 159 Å². The molecule has 2 aromatic rings. The van der Waals surface area contributed by atoms with Gasteiger partial charge < -0.3 is 0 Å². The number of hydrogen-bond acceptors (Lipinski definition) is 5. The van der Waals surface area contributed by atoms with Crippen LogP contribution in [0.1, 0.15) is 179 Å². The summed E-state index contributed by atoms with van der Waals surface area (Å²) < 4.78 is 53.2. The molecule has 3 aliphatic heterocycles. The van der Waals surface area contributed by atoms with Crippen molar-refractivity contribution in [3.05, 3.63) is 101 Å². The average Bonchev–Trinajstić information content (AvgIpc) is 3.53. The first-order valence-corrected chi connectivity index (χ1v) is 31.5. The molecule has 10 rings (SSSR count). The number of hydrogen-bond donors (Lipinski definition) is 1. The summed E-state index contributed by atoms with van der Waals surface area (Å²) >= 11 is -0.445. The van der Waals surface area contributed by atoms with E-state index in [1.807, 2.05) is 22.3 Å². The van der Waals surface area contributed by atoms with Crippen molar-refractivity contribution in [3.8, 4) is 0 Å². The summed E-state index contributed by atoms with van der Waals surface area (Å²) in [5.41, 5.74) is 4.46. The Kier molecular flexibility index (Phi) is 15.2. The Labute approximate surface area is 428 Å². The number of amides is 2. The zero-order valence-electron chi connectivity index (χ0n) is 40.2. The number of piperidine rings is 1. The molecule has 11 heteroatoms. The topological polar surface area (TPSA) is 89.5 Å². The summed E-state index contributed by atoms with van der Waals surface area (Å²) in [6, 6.07) is 14.8. The fraction of sp³-hybridized carbons (Fsp3) is 0.621. The van der Waals surface area contributed by atoms with Gasteiger partial charge in [0.05, 0.1) is 5.41 Å². The van der Waals surface area contributed by atoms with Crippen LogP contribution in [0.2, 0.25) is 0 Å². The molecule has 6 nitrogen and oxygen atoms in total. The van der Waals surface area contributed by atoms with E-state index in [0.29, 0.717) is 60.5 Å². The molecule has 7 unspecified atom stereocenters. The molecule has 1 N–H and O–H groups in total. The van der Waals surface area contributed by atoms with Crippen molar-refractivity contribution < 1.29 is 37.1 Å². The van der Waals surface area contributed by atoms with E-state index >= 15 is 0 Å². The molecule has 1 saturated heterocycles. The Bertz CT molecular complexity index is 2400. The molecule has 0 radical (unpaired) electrons. The molecular formula is C58H70F3I2NO5. The number of carbonyl (C=O) groups is 4. The second-order valence-electron chi connectivity index (χ2n) is 22.3. The summed E-state index contributed by atoms with van der Waals surface area (Å²) in [7, 11) is 0. The van der Waals surface area contributed by atoms with Gasteiger partial charge in [0.25, 0.3) is 0 Å². The predicted molar refractivity (Wildman–Crippen MR) is 282 cm³/mol. The molecule has 372 valence electrons. The van der Waals surface area contributed by atoms with Gasteiger partial charge in [-0.1, -0.05) is 53.6 Å².